The summed E-state index contributed by atoms with van der Waals surface area (Å²) in [6.45, 7) is 0.251. The molecule has 1 unspecified atom stereocenters. The molecular formula is C38H24BN. The Morgan fingerprint density at radius 3 is 2.48 bits per heavy atom. The summed E-state index contributed by atoms with van der Waals surface area (Å²) in [6, 6.07) is 34.5. The first kappa shape index (κ1) is 21.1. The lowest BCUT2D eigenvalue weighted by atomic mass is 9.37. The van der Waals surface area contributed by atoms with E-state index < -0.39 is 0 Å². The Hall–Kier alpha value is -4.82. The van der Waals surface area contributed by atoms with E-state index in [0.717, 1.165) is 6.42 Å². The number of allylic oxidation sites excluding steroid dienone is 7. The molecule has 0 bridgehead atoms. The van der Waals surface area contributed by atoms with Gasteiger partial charge in [-0.25, -0.2) is 0 Å². The Morgan fingerprint density at radius 1 is 0.675 bits per heavy atom. The van der Waals surface area contributed by atoms with Crippen LogP contribution < -0.4 is 21.3 Å². The normalized spacial score (nSPS) is 18.1. The molecule has 2 heteroatoms. The van der Waals surface area contributed by atoms with Crippen LogP contribution in [0.25, 0.3) is 28.0 Å². The molecule has 40 heavy (non-hydrogen) atoms. The van der Waals surface area contributed by atoms with E-state index in [2.05, 4.69) is 132 Å². The summed E-state index contributed by atoms with van der Waals surface area (Å²) in [5.74, 6) is 0.380. The lowest BCUT2D eigenvalue weighted by Crippen LogP contribution is -2.54. The summed E-state index contributed by atoms with van der Waals surface area (Å²) in [7, 11) is 0. The van der Waals surface area contributed by atoms with Gasteiger partial charge in [0.2, 0.25) is 6.71 Å². The fourth-order valence-electron chi connectivity index (χ4n) is 8.09. The van der Waals surface area contributed by atoms with Gasteiger partial charge in [-0.1, -0.05) is 103 Å². The molecule has 5 aromatic carbocycles. The molecule has 3 aliphatic carbocycles. The van der Waals surface area contributed by atoms with Crippen LogP contribution in [0.3, 0.4) is 0 Å². The Morgan fingerprint density at radius 2 is 1.52 bits per heavy atom. The van der Waals surface area contributed by atoms with Crippen LogP contribution in [0, 0.1) is 0 Å². The van der Waals surface area contributed by atoms with Crippen molar-refractivity contribution in [3.05, 3.63) is 149 Å². The van der Waals surface area contributed by atoms with E-state index in [1.807, 2.05) is 0 Å². The molecular weight excluding hydrogens is 481 g/mol. The van der Waals surface area contributed by atoms with E-state index in [-0.39, 0.29) is 6.71 Å². The molecule has 184 valence electrons. The first-order valence-electron chi connectivity index (χ1n) is 14.3. The Balaban J connectivity index is 1.23. The zero-order valence-electron chi connectivity index (χ0n) is 21.9. The van der Waals surface area contributed by atoms with Crippen LogP contribution in [0.4, 0.5) is 17.1 Å². The van der Waals surface area contributed by atoms with Gasteiger partial charge in [0.05, 0.1) is 0 Å². The molecule has 2 heterocycles. The number of rotatable bonds is 1. The summed E-state index contributed by atoms with van der Waals surface area (Å²) in [4.78, 5) is 2.53. The first-order chi connectivity index (χ1) is 19.8. The largest absolute Gasteiger partial charge is 0.311 e. The van der Waals surface area contributed by atoms with Crippen LogP contribution >= 0.6 is 0 Å². The van der Waals surface area contributed by atoms with E-state index in [4.69, 9.17) is 0 Å². The molecule has 0 N–H and O–H groups in total. The number of hydrogen-bond donors (Lipinski definition) is 0. The summed E-state index contributed by atoms with van der Waals surface area (Å²) < 4.78 is 0. The van der Waals surface area contributed by atoms with Crippen molar-refractivity contribution in [2.75, 3.05) is 4.90 Å². The molecule has 1 atom stereocenters. The molecule has 1 nitrogen and oxygen atoms in total. The van der Waals surface area contributed by atoms with E-state index in [0.29, 0.717) is 5.92 Å². The van der Waals surface area contributed by atoms with Gasteiger partial charge < -0.3 is 4.90 Å². The van der Waals surface area contributed by atoms with Crippen LogP contribution in [-0.2, 0) is 6.42 Å². The number of anilines is 3. The van der Waals surface area contributed by atoms with Crippen molar-refractivity contribution in [3.8, 4) is 11.1 Å². The van der Waals surface area contributed by atoms with E-state index in [9.17, 15) is 0 Å². The number of para-hydroxylation sites is 1. The quantitative estimate of drug-likeness (QED) is 0.213. The number of nitrogens with zero attached hydrogens (tertiary/aromatic N) is 1. The highest BCUT2D eigenvalue weighted by atomic mass is 15.2. The molecule has 0 saturated heterocycles. The van der Waals surface area contributed by atoms with Crippen molar-refractivity contribution in [1.29, 1.82) is 0 Å². The third kappa shape index (κ3) is 2.59. The molecule has 10 rings (SSSR count). The van der Waals surface area contributed by atoms with Gasteiger partial charge in [0.25, 0.3) is 0 Å². The summed E-state index contributed by atoms with van der Waals surface area (Å²) in [6.07, 6.45) is 14.8. The molecule has 2 aliphatic heterocycles. The summed E-state index contributed by atoms with van der Waals surface area (Å²) >= 11 is 0. The molecule has 0 amide bonds. The van der Waals surface area contributed by atoms with E-state index >= 15 is 0 Å². The fraction of sp³-hybridized carbons (Fsp3) is 0.0526. The highest BCUT2D eigenvalue weighted by Gasteiger charge is 2.42. The average Bonchev–Trinajstić information content (AvgIpc) is 3.33. The van der Waals surface area contributed by atoms with Crippen molar-refractivity contribution in [3.63, 3.8) is 0 Å². The van der Waals surface area contributed by atoms with Crippen molar-refractivity contribution < 1.29 is 0 Å². The lowest BCUT2D eigenvalue weighted by molar-refractivity contribution is 0.892. The van der Waals surface area contributed by atoms with Crippen LogP contribution in [0.15, 0.2) is 133 Å². The minimum Gasteiger partial charge on any atom is -0.311 e. The number of benzene rings is 5. The zero-order valence-corrected chi connectivity index (χ0v) is 21.9. The van der Waals surface area contributed by atoms with Gasteiger partial charge in [-0.05, 0) is 97.4 Å². The molecule has 0 fully saturated rings. The summed E-state index contributed by atoms with van der Waals surface area (Å²) in [5, 5.41) is 2.62. The molecule has 0 saturated carbocycles. The monoisotopic (exact) mass is 505 g/mol. The van der Waals surface area contributed by atoms with Crippen molar-refractivity contribution >= 4 is 57.0 Å². The maximum atomic E-state index is 2.53. The van der Waals surface area contributed by atoms with Crippen molar-refractivity contribution in [1.82, 2.24) is 0 Å². The molecule has 0 spiro atoms. The SMILES string of the molecule is C1=CC2=CCc3cc(N4c5ccccc5B5c6cc7ccccc7cc6-c6cccc4c65)cc4c3C2C(=C1)C=C4. The zero-order chi connectivity index (χ0) is 25.9. The highest BCUT2D eigenvalue weighted by molar-refractivity contribution is 7.01. The van der Waals surface area contributed by atoms with Gasteiger partial charge in [0, 0.05) is 23.0 Å². The van der Waals surface area contributed by atoms with Gasteiger partial charge in [-0.15, -0.1) is 0 Å². The fourth-order valence-corrected chi connectivity index (χ4v) is 8.09. The lowest BCUT2D eigenvalue weighted by Gasteiger charge is -2.38. The van der Waals surface area contributed by atoms with Crippen molar-refractivity contribution in [2.45, 2.75) is 12.3 Å². The average molecular weight is 505 g/mol. The minimum atomic E-state index is 0.251. The van der Waals surface area contributed by atoms with E-state index in [1.54, 1.807) is 0 Å². The minimum absolute atomic E-state index is 0.251. The van der Waals surface area contributed by atoms with Crippen LogP contribution in [0.1, 0.15) is 22.6 Å². The van der Waals surface area contributed by atoms with Gasteiger partial charge >= 0.3 is 0 Å². The Kier molecular flexibility index (Phi) is 3.91. The van der Waals surface area contributed by atoms with Crippen LogP contribution in [0.2, 0.25) is 0 Å². The third-order valence-electron chi connectivity index (χ3n) is 9.71. The Labute approximate surface area is 234 Å². The van der Waals surface area contributed by atoms with Crippen molar-refractivity contribution in [2.24, 2.45) is 0 Å². The maximum Gasteiger partial charge on any atom is 0.248 e. The Bertz CT molecular complexity index is 2110. The first-order valence-corrected chi connectivity index (χ1v) is 14.3. The second-order valence-electron chi connectivity index (χ2n) is 11.7. The second-order valence-corrected chi connectivity index (χ2v) is 11.7. The number of fused-ring (bicyclic) bond motifs is 6. The highest BCUT2D eigenvalue weighted by Crippen LogP contribution is 2.49. The molecule has 5 aromatic rings. The van der Waals surface area contributed by atoms with Crippen LogP contribution in [-0.4, -0.2) is 6.71 Å². The predicted molar refractivity (Wildman–Crippen MR) is 170 cm³/mol. The second kappa shape index (κ2) is 7.43. The number of hydrogen-bond acceptors (Lipinski definition) is 1. The molecule has 5 aliphatic rings. The molecule has 0 radical (unpaired) electrons. The third-order valence-corrected chi connectivity index (χ3v) is 9.71. The van der Waals surface area contributed by atoms with Gasteiger partial charge in [-0.2, -0.15) is 0 Å². The van der Waals surface area contributed by atoms with Gasteiger partial charge in [-0.3, -0.25) is 0 Å². The van der Waals surface area contributed by atoms with Gasteiger partial charge in [0.1, 0.15) is 0 Å². The molecule has 0 aromatic heterocycles. The van der Waals surface area contributed by atoms with Gasteiger partial charge in [0.15, 0.2) is 0 Å². The van der Waals surface area contributed by atoms with E-state index in [1.165, 1.54) is 83.2 Å². The predicted octanol–water partition coefficient (Wildman–Crippen LogP) is 7.21. The van der Waals surface area contributed by atoms with Crippen LogP contribution in [0.5, 0.6) is 0 Å². The maximum absolute atomic E-state index is 2.53. The smallest absolute Gasteiger partial charge is 0.248 e. The standard InChI is InChI=1S/C38H24BN/c1-2-8-26-22-33-31(21-25(26)7-1)30-11-6-14-35-38(30)39(33)32-12-3-4-13-34(32)40(35)29-19-27-17-15-23-9-5-10-24-16-18-28(20-29)37(27)36(23)24/h1-17,19-22,36H,18H2. The topological polar surface area (TPSA) is 3.24 Å². The summed E-state index contributed by atoms with van der Waals surface area (Å²) in [5.41, 5.74) is 18.0.